The molecule has 0 unspecified atom stereocenters. The quantitative estimate of drug-likeness (QED) is 0.436. The van der Waals surface area contributed by atoms with Gasteiger partial charge in [-0.05, 0) is 12.1 Å². The molecule has 1 aromatic heterocycles. The number of methoxy groups -OCH3 is 3. The monoisotopic (exact) mass is 349 g/mol. The first kappa shape index (κ1) is 17.9. The number of ether oxygens (including phenoxy) is 3. The topological polar surface area (TPSA) is 123 Å². The minimum absolute atomic E-state index is 0.0858. The highest BCUT2D eigenvalue weighted by molar-refractivity contribution is 5.91. The third-order valence-electron chi connectivity index (χ3n) is 3.36. The van der Waals surface area contributed by atoms with Gasteiger partial charge >= 0.3 is 17.6 Å². The highest BCUT2D eigenvalue weighted by Crippen LogP contribution is 2.24. The van der Waals surface area contributed by atoms with Crippen molar-refractivity contribution in [2.45, 2.75) is 6.54 Å². The maximum absolute atomic E-state index is 11.6. The summed E-state index contributed by atoms with van der Waals surface area (Å²) in [5.74, 6) is -1.05. The lowest BCUT2D eigenvalue weighted by atomic mass is 10.1. The summed E-state index contributed by atoms with van der Waals surface area (Å²) < 4.78 is 15.6. The smallest absolute Gasteiger partial charge is 0.365 e. The standard InChI is InChI=1S/C15H15N3O7/c1-23-12-6-9(14(19)24-2)4-5-10(12)7-17-8-11(18(21)22)13(16-17)15(20)25-3/h4-6,8H,7H2,1-3H3. The molecule has 0 fully saturated rings. The molecule has 0 aliphatic carbocycles. The Balaban J connectivity index is 2.38. The molecule has 0 N–H and O–H groups in total. The number of aromatic nitrogens is 2. The normalized spacial score (nSPS) is 10.2. The largest absolute Gasteiger partial charge is 0.496 e. The van der Waals surface area contributed by atoms with E-state index in [1.165, 1.54) is 31.0 Å². The van der Waals surface area contributed by atoms with Crippen LogP contribution in [0.15, 0.2) is 24.4 Å². The zero-order valence-corrected chi connectivity index (χ0v) is 13.7. The summed E-state index contributed by atoms with van der Waals surface area (Å²) in [5.41, 5.74) is 0.0448. The third kappa shape index (κ3) is 3.74. The molecule has 1 aromatic carbocycles. The van der Waals surface area contributed by atoms with E-state index in [1.54, 1.807) is 6.07 Å². The summed E-state index contributed by atoms with van der Waals surface area (Å²) >= 11 is 0. The number of esters is 2. The Bertz CT molecular complexity index is 829. The van der Waals surface area contributed by atoms with Gasteiger partial charge in [0.2, 0.25) is 5.69 Å². The van der Waals surface area contributed by atoms with Crippen molar-refractivity contribution < 1.29 is 28.7 Å². The van der Waals surface area contributed by atoms with Crippen molar-refractivity contribution in [1.82, 2.24) is 9.78 Å². The molecule has 0 saturated carbocycles. The fourth-order valence-corrected chi connectivity index (χ4v) is 2.16. The minimum Gasteiger partial charge on any atom is -0.496 e. The molecule has 0 atom stereocenters. The molecule has 2 aromatic rings. The molecule has 0 spiro atoms. The molecular weight excluding hydrogens is 334 g/mol. The minimum atomic E-state index is -0.904. The van der Waals surface area contributed by atoms with E-state index < -0.39 is 28.2 Å². The molecule has 0 aliphatic heterocycles. The molecular formula is C15H15N3O7. The van der Waals surface area contributed by atoms with Crippen molar-refractivity contribution >= 4 is 17.6 Å². The van der Waals surface area contributed by atoms with E-state index in [2.05, 4.69) is 14.6 Å². The molecule has 1 heterocycles. The molecule has 0 bridgehead atoms. The van der Waals surface area contributed by atoms with Crippen molar-refractivity contribution in [3.8, 4) is 5.75 Å². The molecule has 10 nitrogen and oxygen atoms in total. The van der Waals surface area contributed by atoms with Gasteiger partial charge in [0.25, 0.3) is 0 Å². The van der Waals surface area contributed by atoms with Gasteiger partial charge in [0.1, 0.15) is 11.9 Å². The van der Waals surface area contributed by atoms with Crippen LogP contribution in [-0.2, 0) is 16.0 Å². The van der Waals surface area contributed by atoms with Crippen molar-refractivity contribution in [2.24, 2.45) is 0 Å². The van der Waals surface area contributed by atoms with E-state index in [-0.39, 0.29) is 6.54 Å². The van der Waals surface area contributed by atoms with Crippen LogP contribution >= 0.6 is 0 Å². The van der Waals surface area contributed by atoms with E-state index in [1.807, 2.05) is 0 Å². The van der Waals surface area contributed by atoms with Crippen LogP contribution in [-0.4, -0.2) is 48.0 Å². The predicted molar refractivity (Wildman–Crippen MR) is 83.7 cm³/mol. The van der Waals surface area contributed by atoms with Crippen LogP contribution in [0.2, 0.25) is 0 Å². The number of carbonyl (C=O) groups is 2. The lowest BCUT2D eigenvalue weighted by molar-refractivity contribution is -0.385. The Morgan fingerprint density at radius 1 is 1.20 bits per heavy atom. The van der Waals surface area contributed by atoms with Crippen LogP contribution in [0.4, 0.5) is 5.69 Å². The Morgan fingerprint density at radius 3 is 2.44 bits per heavy atom. The van der Waals surface area contributed by atoms with Crippen LogP contribution in [0.3, 0.4) is 0 Å². The number of benzene rings is 1. The van der Waals surface area contributed by atoms with Gasteiger partial charge in [-0.2, -0.15) is 5.10 Å². The summed E-state index contributed by atoms with van der Waals surface area (Å²) in [6.07, 6.45) is 1.12. The molecule has 132 valence electrons. The Labute approximate surface area is 142 Å². The number of hydrogen-bond acceptors (Lipinski definition) is 8. The Morgan fingerprint density at radius 2 is 1.88 bits per heavy atom. The van der Waals surface area contributed by atoms with Crippen molar-refractivity contribution in [3.05, 3.63) is 51.3 Å². The van der Waals surface area contributed by atoms with Crippen LogP contribution < -0.4 is 4.74 Å². The average molecular weight is 349 g/mol. The maximum Gasteiger partial charge on any atom is 0.365 e. The van der Waals surface area contributed by atoms with Crippen molar-refractivity contribution in [3.63, 3.8) is 0 Å². The zero-order chi connectivity index (χ0) is 18.6. The predicted octanol–water partition coefficient (Wildman–Crippen LogP) is 1.42. The highest BCUT2D eigenvalue weighted by Gasteiger charge is 2.26. The number of nitro groups is 1. The Kier molecular flexibility index (Phi) is 5.32. The number of hydrogen-bond donors (Lipinski definition) is 0. The maximum atomic E-state index is 11.6. The second kappa shape index (κ2) is 7.43. The first-order chi connectivity index (χ1) is 11.9. The highest BCUT2D eigenvalue weighted by atomic mass is 16.6. The second-order valence-electron chi connectivity index (χ2n) is 4.83. The molecule has 25 heavy (non-hydrogen) atoms. The lowest BCUT2D eigenvalue weighted by Crippen LogP contribution is -2.08. The van der Waals surface area contributed by atoms with E-state index >= 15 is 0 Å². The van der Waals surface area contributed by atoms with Crippen LogP contribution in [0.25, 0.3) is 0 Å². The fraction of sp³-hybridized carbons (Fsp3) is 0.267. The second-order valence-corrected chi connectivity index (χ2v) is 4.83. The van der Waals surface area contributed by atoms with E-state index in [0.29, 0.717) is 16.9 Å². The molecule has 0 radical (unpaired) electrons. The molecule has 0 aliphatic rings. The van der Waals surface area contributed by atoms with Crippen LogP contribution in [0, 0.1) is 10.1 Å². The van der Waals surface area contributed by atoms with Crippen LogP contribution in [0.1, 0.15) is 26.4 Å². The van der Waals surface area contributed by atoms with Gasteiger partial charge in [-0.3, -0.25) is 14.8 Å². The summed E-state index contributed by atoms with van der Waals surface area (Å²) in [7, 11) is 3.80. The van der Waals surface area contributed by atoms with Crippen molar-refractivity contribution in [1.29, 1.82) is 0 Å². The van der Waals surface area contributed by atoms with Crippen molar-refractivity contribution in [2.75, 3.05) is 21.3 Å². The number of nitrogens with zero attached hydrogens (tertiary/aromatic N) is 3. The van der Waals surface area contributed by atoms with Gasteiger partial charge in [0.05, 0.1) is 38.4 Å². The third-order valence-corrected chi connectivity index (χ3v) is 3.36. The number of carbonyl (C=O) groups excluding carboxylic acids is 2. The number of rotatable bonds is 6. The van der Waals surface area contributed by atoms with Gasteiger partial charge in [-0.1, -0.05) is 6.07 Å². The average Bonchev–Trinajstić information content (AvgIpc) is 3.04. The summed E-state index contributed by atoms with van der Waals surface area (Å²) in [6, 6.07) is 4.62. The lowest BCUT2D eigenvalue weighted by Gasteiger charge is -2.10. The first-order valence-electron chi connectivity index (χ1n) is 6.96. The summed E-state index contributed by atoms with van der Waals surface area (Å²) in [6.45, 7) is 0.0858. The SMILES string of the molecule is COC(=O)c1ccc(Cn2cc([N+](=O)[O-])c(C(=O)OC)n2)c(OC)c1. The van der Waals surface area contributed by atoms with E-state index in [0.717, 1.165) is 13.3 Å². The molecule has 0 saturated heterocycles. The van der Waals surface area contributed by atoms with Gasteiger partial charge in [-0.15, -0.1) is 0 Å². The zero-order valence-electron chi connectivity index (χ0n) is 13.7. The first-order valence-corrected chi connectivity index (χ1v) is 6.96. The van der Waals surface area contributed by atoms with E-state index in [4.69, 9.17) is 4.74 Å². The molecule has 10 heteroatoms. The van der Waals surface area contributed by atoms with Gasteiger partial charge in [0.15, 0.2) is 0 Å². The summed E-state index contributed by atoms with van der Waals surface area (Å²) in [4.78, 5) is 33.5. The van der Waals surface area contributed by atoms with E-state index in [9.17, 15) is 19.7 Å². The summed E-state index contributed by atoms with van der Waals surface area (Å²) in [5, 5.41) is 15.0. The molecule has 0 amide bonds. The van der Waals surface area contributed by atoms with Crippen LogP contribution in [0.5, 0.6) is 5.75 Å². The van der Waals surface area contributed by atoms with Gasteiger partial charge in [0, 0.05) is 5.56 Å². The fourth-order valence-electron chi connectivity index (χ4n) is 2.16. The Hall–Kier alpha value is -3.43. The molecule has 2 rings (SSSR count). The van der Waals surface area contributed by atoms with Gasteiger partial charge < -0.3 is 14.2 Å². The van der Waals surface area contributed by atoms with Gasteiger partial charge in [-0.25, -0.2) is 9.59 Å².